The van der Waals surface area contributed by atoms with Crippen molar-refractivity contribution in [3.8, 4) is 0 Å². The van der Waals surface area contributed by atoms with Gasteiger partial charge in [0.2, 0.25) is 0 Å². The largest absolute Gasteiger partial charge is 0.472 e. The Kier molecular flexibility index (Phi) is 30.6. The van der Waals surface area contributed by atoms with E-state index >= 15 is 0 Å². The molecule has 272 valence electrons. The van der Waals surface area contributed by atoms with Gasteiger partial charge in [-0.1, -0.05) is 128 Å². The zero-order chi connectivity index (χ0) is 34.2. The molecule has 2 unspecified atom stereocenters. The molecule has 0 aromatic rings. The Morgan fingerprint density at radius 3 is 1.83 bits per heavy atom. The summed E-state index contributed by atoms with van der Waals surface area (Å²) in [5.41, 5.74) is 0. The van der Waals surface area contributed by atoms with Crippen molar-refractivity contribution in [2.45, 2.75) is 155 Å². The summed E-state index contributed by atoms with van der Waals surface area (Å²) in [7, 11) is 1.66. The first-order valence-electron chi connectivity index (χ1n) is 18.6. The van der Waals surface area contributed by atoms with Crippen LogP contribution in [0.2, 0.25) is 0 Å². The fourth-order valence-corrected chi connectivity index (χ4v) is 5.54. The lowest BCUT2D eigenvalue weighted by Gasteiger charge is -2.24. The second-order valence-corrected chi connectivity index (χ2v) is 15.1. The van der Waals surface area contributed by atoms with E-state index in [1.807, 2.05) is 21.1 Å². The lowest BCUT2D eigenvalue weighted by Crippen LogP contribution is -2.37. The molecule has 0 aliphatic heterocycles. The van der Waals surface area contributed by atoms with Gasteiger partial charge in [-0.2, -0.15) is 0 Å². The second-order valence-electron chi connectivity index (χ2n) is 13.6. The molecule has 46 heavy (non-hydrogen) atoms. The predicted molar refractivity (Wildman–Crippen MR) is 192 cm³/mol. The molecule has 0 saturated heterocycles. The molecule has 0 radical (unpaired) electrons. The molecule has 0 spiro atoms. The number of quaternary nitrogens is 1. The van der Waals surface area contributed by atoms with Crippen LogP contribution in [0.4, 0.5) is 0 Å². The zero-order valence-corrected chi connectivity index (χ0v) is 31.5. The van der Waals surface area contributed by atoms with Gasteiger partial charge < -0.3 is 18.9 Å². The monoisotopic (exact) mass is 675 g/mol. The first-order chi connectivity index (χ1) is 22.1. The molecule has 0 saturated carbocycles. The summed E-state index contributed by atoms with van der Waals surface area (Å²) >= 11 is 0. The van der Waals surface area contributed by atoms with Gasteiger partial charge in [-0.25, -0.2) is 4.57 Å². The van der Waals surface area contributed by atoms with Crippen molar-refractivity contribution in [3.05, 3.63) is 24.3 Å². The minimum Gasteiger partial charge on any atom is -0.457 e. The number of phosphoric ester groups is 1. The number of esters is 1. The number of ether oxygens (including phenoxy) is 2. The van der Waals surface area contributed by atoms with Crippen LogP contribution in [0.5, 0.6) is 0 Å². The zero-order valence-electron chi connectivity index (χ0n) is 30.6. The van der Waals surface area contributed by atoms with Crippen LogP contribution in [0.1, 0.15) is 149 Å². The molecule has 0 aliphatic carbocycles. The average molecular weight is 675 g/mol. The van der Waals surface area contributed by atoms with Crippen LogP contribution in [-0.2, 0) is 27.9 Å². The molecule has 0 aliphatic rings. The van der Waals surface area contributed by atoms with Crippen LogP contribution in [0.15, 0.2) is 24.3 Å². The van der Waals surface area contributed by atoms with Gasteiger partial charge in [-0.3, -0.25) is 13.8 Å². The summed E-state index contributed by atoms with van der Waals surface area (Å²) < 4.78 is 34.8. The molecule has 8 nitrogen and oxygen atoms in total. The average Bonchev–Trinajstić information content (AvgIpc) is 2.99. The quantitative estimate of drug-likeness (QED) is 0.0239. The molecule has 2 atom stereocenters. The maximum absolute atomic E-state index is 12.6. The Bertz CT molecular complexity index is 797. The molecule has 1 N–H and O–H groups in total. The van der Waals surface area contributed by atoms with Gasteiger partial charge in [0.25, 0.3) is 0 Å². The third-order valence-electron chi connectivity index (χ3n) is 7.77. The van der Waals surface area contributed by atoms with Gasteiger partial charge in [-0.15, -0.1) is 0 Å². The molecule has 0 rings (SSSR count). The van der Waals surface area contributed by atoms with E-state index in [-0.39, 0.29) is 25.8 Å². The third-order valence-corrected chi connectivity index (χ3v) is 8.75. The van der Waals surface area contributed by atoms with E-state index < -0.39 is 13.9 Å². The third kappa shape index (κ3) is 34.3. The number of hydrogen-bond donors (Lipinski definition) is 1. The number of phosphoric acid groups is 1. The van der Waals surface area contributed by atoms with E-state index in [0.29, 0.717) is 24.1 Å². The van der Waals surface area contributed by atoms with E-state index in [1.54, 1.807) is 0 Å². The van der Waals surface area contributed by atoms with Crippen LogP contribution >= 0.6 is 7.82 Å². The first-order valence-corrected chi connectivity index (χ1v) is 20.1. The molecule has 9 heteroatoms. The van der Waals surface area contributed by atoms with Crippen molar-refractivity contribution < 1.29 is 37.3 Å². The maximum Gasteiger partial charge on any atom is 0.472 e. The highest BCUT2D eigenvalue weighted by atomic mass is 31.2. The van der Waals surface area contributed by atoms with Crippen molar-refractivity contribution in [2.24, 2.45) is 0 Å². The van der Waals surface area contributed by atoms with Gasteiger partial charge in [0.1, 0.15) is 19.3 Å². The Labute approximate surface area is 283 Å². The van der Waals surface area contributed by atoms with Crippen LogP contribution in [-0.4, -0.2) is 75.6 Å². The van der Waals surface area contributed by atoms with Crippen LogP contribution < -0.4 is 0 Å². The lowest BCUT2D eigenvalue weighted by atomic mass is 10.1. The molecular formula is C37H73NO7P+. The summed E-state index contributed by atoms with van der Waals surface area (Å²) in [6, 6.07) is 0. The van der Waals surface area contributed by atoms with Crippen LogP contribution in [0, 0.1) is 0 Å². The fourth-order valence-electron chi connectivity index (χ4n) is 4.80. The van der Waals surface area contributed by atoms with Gasteiger partial charge in [-0.05, 0) is 38.5 Å². The maximum atomic E-state index is 12.6. The van der Waals surface area contributed by atoms with E-state index in [9.17, 15) is 14.3 Å². The first kappa shape index (κ1) is 45.0. The number of carbonyl (C=O) groups is 1. The highest BCUT2D eigenvalue weighted by Gasteiger charge is 2.26. The Balaban J connectivity index is 4.34. The smallest absolute Gasteiger partial charge is 0.457 e. The highest BCUT2D eigenvalue weighted by Crippen LogP contribution is 2.43. The number of allylic oxidation sites excluding steroid dienone is 4. The van der Waals surface area contributed by atoms with Gasteiger partial charge in [0.05, 0.1) is 34.4 Å². The van der Waals surface area contributed by atoms with Gasteiger partial charge in [0.15, 0.2) is 0 Å². The van der Waals surface area contributed by atoms with E-state index in [1.165, 1.54) is 70.6 Å². The molecule has 0 aromatic heterocycles. The Morgan fingerprint density at radius 2 is 1.22 bits per heavy atom. The van der Waals surface area contributed by atoms with Crippen molar-refractivity contribution in [1.82, 2.24) is 0 Å². The van der Waals surface area contributed by atoms with Crippen molar-refractivity contribution in [3.63, 3.8) is 0 Å². The fraction of sp³-hybridized carbons (Fsp3) is 0.865. The topological polar surface area (TPSA) is 91.3 Å². The minimum absolute atomic E-state index is 0.0870. The van der Waals surface area contributed by atoms with E-state index in [4.69, 9.17) is 18.5 Å². The van der Waals surface area contributed by atoms with Gasteiger partial charge >= 0.3 is 13.8 Å². The minimum atomic E-state index is -4.26. The molecule has 0 fully saturated rings. The van der Waals surface area contributed by atoms with Gasteiger partial charge in [0, 0.05) is 13.0 Å². The summed E-state index contributed by atoms with van der Waals surface area (Å²) in [6.07, 6.45) is 32.0. The van der Waals surface area contributed by atoms with Crippen molar-refractivity contribution >= 4 is 13.8 Å². The van der Waals surface area contributed by atoms with Crippen LogP contribution in [0.25, 0.3) is 0 Å². The summed E-state index contributed by atoms with van der Waals surface area (Å²) in [4.78, 5) is 22.7. The van der Waals surface area contributed by atoms with E-state index in [0.717, 1.165) is 57.8 Å². The SMILES string of the molecule is CCCC/C=C\C/C=C\CCCCCCCC(=O)OC(COCCCCCCCCCCCC)COP(=O)(O)OCC[N+](C)(C)C. The Hall–Kier alpha value is -1.02. The number of nitrogens with zero attached hydrogens (tertiary/aromatic N) is 1. The summed E-state index contributed by atoms with van der Waals surface area (Å²) in [5, 5.41) is 0. The molecule has 0 aromatic carbocycles. The number of hydrogen-bond acceptors (Lipinski definition) is 6. The standard InChI is InChI=1S/C37H72NO7P/c1-6-8-10-12-14-16-18-19-20-21-22-24-26-28-30-37(39)45-36(35-44-46(40,41)43-33-31-38(3,4)5)34-42-32-29-27-25-23-17-15-13-11-9-7-2/h12,14,18-19,36H,6-11,13,15-17,20-35H2,1-5H3/p+1/b14-12-,19-18-. The number of carbonyl (C=O) groups excluding carboxylic acids is 1. The van der Waals surface area contributed by atoms with Crippen LogP contribution in [0.3, 0.4) is 0 Å². The number of unbranched alkanes of at least 4 members (excludes halogenated alkanes) is 16. The summed E-state index contributed by atoms with van der Waals surface area (Å²) in [5.74, 6) is -0.329. The normalized spacial score (nSPS) is 14.3. The van der Waals surface area contributed by atoms with Crippen molar-refractivity contribution in [2.75, 3.05) is 54.1 Å². The second kappa shape index (κ2) is 31.3. The van der Waals surface area contributed by atoms with E-state index in [2.05, 4.69) is 38.2 Å². The molecule has 0 heterocycles. The molecule has 0 bridgehead atoms. The predicted octanol–water partition coefficient (Wildman–Crippen LogP) is 10.1. The lowest BCUT2D eigenvalue weighted by molar-refractivity contribution is -0.870. The molecular weight excluding hydrogens is 601 g/mol. The highest BCUT2D eigenvalue weighted by molar-refractivity contribution is 7.47. The number of rotatable bonds is 34. The number of likely N-dealkylation sites (N-methyl/N-ethyl adjacent to an activating group) is 1. The van der Waals surface area contributed by atoms with Crippen molar-refractivity contribution in [1.29, 1.82) is 0 Å². The molecule has 0 amide bonds. The summed E-state index contributed by atoms with van der Waals surface area (Å²) in [6.45, 7) is 5.55. The Morgan fingerprint density at radius 1 is 0.674 bits per heavy atom.